The van der Waals surface area contributed by atoms with E-state index in [1.807, 2.05) is 35.4 Å². The molecule has 0 amide bonds. The van der Waals surface area contributed by atoms with Gasteiger partial charge in [0.25, 0.3) is 0 Å². The van der Waals surface area contributed by atoms with E-state index in [9.17, 15) is 0 Å². The van der Waals surface area contributed by atoms with Crippen LogP contribution in [0.15, 0.2) is 77.9 Å². The van der Waals surface area contributed by atoms with Crippen molar-refractivity contribution in [1.82, 2.24) is 4.68 Å². The number of nitrogens with zero attached hydrogens (tertiary/aromatic N) is 2. The van der Waals surface area contributed by atoms with Gasteiger partial charge >= 0.3 is 0 Å². The van der Waals surface area contributed by atoms with Gasteiger partial charge in [0.1, 0.15) is 5.76 Å². The van der Waals surface area contributed by atoms with Crippen molar-refractivity contribution >= 4 is 20.1 Å². The van der Waals surface area contributed by atoms with Gasteiger partial charge in [-0.3, -0.25) is 0 Å². The molecule has 0 fully saturated rings. The average molecular weight is 396 g/mol. The molecule has 0 saturated carbocycles. The summed E-state index contributed by atoms with van der Waals surface area (Å²) in [6.45, 7) is 4.94. The van der Waals surface area contributed by atoms with Gasteiger partial charge in [-0.1, -0.05) is 58.8 Å². The minimum atomic E-state index is 0.0989. The number of methoxy groups -OCH3 is 1. The van der Waals surface area contributed by atoms with E-state index in [0.29, 0.717) is 21.3 Å². The number of aromatic nitrogens is 1. The number of benzene rings is 1. The molecule has 1 aliphatic carbocycles. The zero-order chi connectivity index (χ0) is 19.8. The molecule has 5 heteroatoms. The molecule has 148 valence electrons. The van der Waals surface area contributed by atoms with Crippen LogP contribution in [0.25, 0.3) is 0 Å². The van der Waals surface area contributed by atoms with Gasteiger partial charge in [0.15, 0.2) is 6.79 Å². The minimum Gasteiger partial charge on any atom is -0.472 e. The van der Waals surface area contributed by atoms with Gasteiger partial charge < -0.3 is 9.47 Å². The Bertz CT molecular complexity index is 842. The summed E-state index contributed by atoms with van der Waals surface area (Å²) in [5.41, 5.74) is 1.17. The fourth-order valence-corrected chi connectivity index (χ4v) is 5.14. The maximum Gasteiger partial charge on any atom is 0.188 e. The zero-order valence-electron chi connectivity index (χ0n) is 16.8. The summed E-state index contributed by atoms with van der Waals surface area (Å²) in [7, 11) is 2.31. The van der Waals surface area contributed by atoms with Crippen molar-refractivity contribution < 1.29 is 9.47 Å². The molecule has 1 aromatic carbocycles. The number of allylic oxidation sites excluding steroid dienone is 4. The van der Waals surface area contributed by atoms with E-state index < -0.39 is 0 Å². The van der Waals surface area contributed by atoms with E-state index in [-0.39, 0.29) is 5.16 Å². The third kappa shape index (κ3) is 5.01. The van der Waals surface area contributed by atoms with Crippen LogP contribution in [-0.2, 0) is 9.47 Å². The van der Waals surface area contributed by atoms with Crippen LogP contribution < -0.4 is 5.30 Å². The van der Waals surface area contributed by atoms with E-state index in [4.69, 9.17) is 9.47 Å². The first-order chi connectivity index (χ1) is 13.7. The van der Waals surface area contributed by atoms with Crippen LogP contribution >= 0.6 is 8.58 Å². The smallest absolute Gasteiger partial charge is 0.188 e. The van der Waals surface area contributed by atoms with E-state index in [2.05, 4.69) is 61.4 Å². The topological polar surface area (TPSA) is 35.8 Å². The lowest BCUT2D eigenvalue weighted by atomic mass is 9.84. The van der Waals surface area contributed by atoms with E-state index in [0.717, 1.165) is 18.6 Å². The fraction of sp³-hybridized carbons (Fsp3) is 0.348. The Morgan fingerprint density at radius 3 is 2.79 bits per heavy atom. The van der Waals surface area contributed by atoms with E-state index in [1.165, 1.54) is 10.9 Å². The van der Waals surface area contributed by atoms with Gasteiger partial charge in [-0.25, -0.2) is 4.68 Å². The van der Waals surface area contributed by atoms with Gasteiger partial charge in [0.05, 0.1) is 6.21 Å². The normalized spacial score (nSPS) is 19.2. The maximum atomic E-state index is 5.92. The molecule has 1 heterocycles. The molecule has 0 saturated heterocycles. The van der Waals surface area contributed by atoms with Crippen LogP contribution in [0.3, 0.4) is 0 Å². The highest BCUT2D eigenvalue weighted by atomic mass is 31.1. The Kier molecular flexibility index (Phi) is 7.24. The van der Waals surface area contributed by atoms with Crippen LogP contribution in [-0.4, -0.2) is 29.9 Å². The molecular weight excluding hydrogens is 367 g/mol. The first kappa shape index (κ1) is 20.6. The van der Waals surface area contributed by atoms with Crippen molar-refractivity contribution in [2.24, 2.45) is 11.0 Å². The van der Waals surface area contributed by atoms with Crippen LogP contribution in [0.2, 0.25) is 0 Å². The van der Waals surface area contributed by atoms with Crippen LogP contribution in [0, 0.1) is 5.92 Å². The van der Waals surface area contributed by atoms with E-state index in [1.54, 1.807) is 7.11 Å². The molecule has 0 spiro atoms. The molecule has 3 atom stereocenters. The quantitative estimate of drug-likeness (QED) is 0.343. The lowest BCUT2D eigenvalue weighted by Crippen LogP contribution is -2.34. The van der Waals surface area contributed by atoms with Crippen molar-refractivity contribution in [1.29, 1.82) is 0 Å². The summed E-state index contributed by atoms with van der Waals surface area (Å²) in [5.74, 6) is 1.37. The molecule has 2 aromatic rings. The Hall–Kier alpha value is -2.16. The summed E-state index contributed by atoms with van der Waals surface area (Å²) in [6.07, 6.45) is 14.3. The lowest BCUT2D eigenvalue weighted by Gasteiger charge is -2.39. The lowest BCUT2D eigenvalue weighted by molar-refractivity contribution is -0.00815. The van der Waals surface area contributed by atoms with Crippen molar-refractivity contribution in [2.75, 3.05) is 13.9 Å². The van der Waals surface area contributed by atoms with Crippen molar-refractivity contribution in [2.45, 2.75) is 31.8 Å². The zero-order valence-corrected chi connectivity index (χ0v) is 17.8. The van der Waals surface area contributed by atoms with Crippen molar-refractivity contribution in [3.63, 3.8) is 0 Å². The summed E-state index contributed by atoms with van der Waals surface area (Å²) < 4.78 is 12.9. The van der Waals surface area contributed by atoms with Gasteiger partial charge in [0.2, 0.25) is 0 Å². The SMILES string of the molecule is CCC(C)(Pc1ccccc1/C=N/n1cccc1)C1CC=CC=C1OCOC. The number of hydrogen-bond acceptors (Lipinski definition) is 3. The monoisotopic (exact) mass is 396 g/mol. The molecule has 0 bridgehead atoms. The Labute approximate surface area is 169 Å². The average Bonchev–Trinajstić information content (AvgIpc) is 3.25. The molecule has 28 heavy (non-hydrogen) atoms. The summed E-state index contributed by atoms with van der Waals surface area (Å²) in [4.78, 5) is 0. The number of hydrogen-bond donors (Lipinski definition) is 0. The molecule has 1 aliphatic rings. The maximum absolute atomic E-state index is 5.92. The van der Waals surface area contributed by atoms with Gasteiger partial charge in [0, 0.05) is 31.0 Å². The number of ether oxygens (including phenoxy) is 2. The Balaban J connectivity index is 1.84. The predicted octanol–water partition coefficient (Wildman–Crippen LogP) is 4.92. The Morgan fingerprint density at radius 1 is 1.25 bits per heavy atom. The second kappa shape index (κ2) is 9.86. The number of rotatable bonds is 9. The van der Waals surface area contributed by atoms with Crippen molar-refractivity contribution in [3.8, 4) is 0 Å². The van der Waals surface area contributed by atoms with Gasteiger partial charge in [-0.05, 0) is 41.5 Å². The second-order valence-electron chi connectivity index (χ2n) is 7.13. The van der Waals surface area contributed by atoms with Gasteiger partial charge in [-0.15, -0.1) is 0 Å². The molecule has 4 nitrogen and oxygen atoms in total. The second-order valence-corrected chi connectivity index (χ2v) is 9.06. The van der Waals surface area contributed by atoms with E-state index >= 15 is 0 Å². The molecular formula is C23H29N2O2P. The third-order valence-electron chi connectivity index (χ3n) is 5.26. The molecule has 0 radical (unpaired) electrons. The standard InChI is InChI=1S/C23H29N2O2P/c1-4-23(2,20-12-6-7-13-21(20)27-18-26-3)28-22-14-8-5-11-19(22)17-24-25-15-9-10-16-25/h5-11,13-17,20,28H,4,12,18H2,1-3H3/b24-17+. The molecule has 1 aromatic heterocycles. The van der Waals surface area contributed by atoms with Crippen LogP contribution in [0.5, 0.6) is 0 Å². The molecule has 0 aliphatic heterocycles. The summed E-state index contributed by atoms with van der Waals surface area (Å²) in [5, 5.41) is 5.99. The highest BCUT2D eigenvalue weighted by molar-refractivity contribution is 7.49. The van der Waals surface area contributed by atoms with Crippen LogP contribution in [0.4, 0.5) is 0 Å². The third-order valence-corrected chi connectivity index (χ3v) is 7.26. The minimum absolute atomic E-state index is 0.0989. The summed E-state index contributed by atoms with van der Waals surface area (Å²) in [6, 6.07) is 12.5. The fourth-order valence-electron chi connectivity index (χ4n) is 3.44. The van der Waals surface area contributed by atoms with Crippen molar-refractivity contribution in [3.05, 3.63) is 78.3 Å². The molecule has 0 N–H and O–H groups in total. The van der Waals surface area contributed by atoms with Gasteiger partial charge in [-0.2, -0.15) is 5.10 Å². The summed E-state index contributed by atoms with van der Waals surface area (Å²) >= 11 is 0. The molecule has 3 rings (SSSR count). The molecule has 3 unspecified atom stereocenters. The highest BCUT2D eigenvalue weighted by Crippen LogP contribution is 2.47. The largest absolute Gasteiger partial charge is 0.472 e. The predicted molar refractivity (Wildman–Crippen MR) is 119 cm³/mol. The first-order valence-electron chi connectivity index (χ1n) is 9.69. The highest BCUT2D eigenvalue weighted by Gasteiger charge is 2.37. The Morgan fingerprint density at radius 2 is 2.04 bits per heavy atom. The first-order valence-corrected chi connectivity index (χ1v) is 10.7. The van der Waals surface area contributed by atoms with Crippen LogP contribution in [0.1, 0.15) is 32.3 Å².